The molecule has 3 aromatic rings. The molecule has 15 heteroatoms. The molecule has 1 aromatic carbocycles. The zero-order valence-corrected chi connectivity index (χ0v) is 22.0. The Morgan fingerprint density at radius 2 is 1.68 bits per heavy atom. The standard InChI is InChI=1S/C26H25F6N5O4/c1-36-19(11-21(35-36)26(30,31)32)22(38)34-18-8-9-37(24(39)15-10-20(40-2)23(41-3)33-12-15)13-17(18)14-4-6-16(7-5-14)25(27,28)29/h4-7,10-12,17-18H,8-9,13H2,1-3H3,(H,34,38)/t17-,18+/m1/s1. The van der Waals surface area contributed by atoms with Gasteiger partial charge in [-0.2, -0.15) is 31.4 Å². The molecule has 1 aliphatic heterocycles. The van der Waals surface area contributed by atoms with E-state index in [1.807, 2.05) is 0 Å². The number of methoxy groups -OCH3 is 2. The third kappa shape index (κ3) is 6.38. The molecule has 0 spiro atoms. The van der Waals surface area contributed by atoms with Crippen molar-refractivity contribution >= 4 is 11.8 Å². The summed E-state index contributed by atoms with van der Waals surface area (Å²) in [4.78, 5) is 31.9. The molecule has 3 heterocycles. The number of alkyl halides is 6. The Kier molecular flexibility index (Phi) is 8.17. The van der Waals surface area contributed by atoms with Crippen molar-refractivity contribution in [1.82, 2.24) is 25.0 Å². The summed E-state index contributed by atoms with van der Waals surface area (Å²) in [5.41, 5.74) is -1.90. The second kappa shape index (κ2) is 11.3. The molecule has 9 nitrogen and oxygen atoms in total. The zero-order chi connectivity index (χ0) is 30.1. The minimum atomic E-state index is -4.76. The average Bonchev–Trinajstić information content (AvgIpc) is 3.34. The third-order valence-electron chi connectivity index (χ3n) is 6.76. The van der Waals surface area contributed by atoms with Crippen LogP contribution in [0.1, 0.15) is 50.0 Å². The maximum atomic E-state index is 13.4. The molecule has 1 N–H and O–H groups in total. The molecular formula is C26H25F6N5O4. The summed E-state index contributed by atoms with van der Waals surface area (Å²) in [5, 5.41) is 6.04. The number of amides is 2. The number of piperidine rings is 1. The van der Waals surface area contributed by atoms with Crippen LogP contribution < -0.4 is 14.8 Å². The average molecular weight is 586 g/mol. The van der Waals surface area contributed by atoms with E-state index >= 15 is 0 Å². The van der Waals surface area contributed by atoms with Gasteiger partial charge < -0.3 is 19.7 Å². The van der Waals surface area contributed by atoms with Gasteiger partial charge in [0.15, 0.2) is 11.4 Å². The van der Waals surface area contributed by atoms with E-state index < -0.39 is 47.4 Å². The molecule has 1 aliphatic rings. The molecule has 1 fully saturated rings. The molecule has 220 valence electrons. The van der Waals surface area contributed by atoms with Crippen LogP contribution in [0.25, 0.3) is 0 Å². The molecule has 0 radical (unpaired) electrons. The number of nitrogens with zero attached hydrogens (tertiary/aromatic N) is 4. The summed E-state index contributed by atoms with van der Waals surface area (Å²) < 4.78 is 89.9. The molecule has 4 rings (SSSR count). The topological polar surface area (TPSA) is 98.6 Å². The molecule has 1 saturated heterocycles. The maximum absolute atomic E-state index is 13.4. The van der Waals surface area contributed by atoms with Crippen molar-refractivity contribution in [1.29, 1.82) is 0 Å². The summed E-state index contributed by atoms with van der Waals surface area (Å²) in [6.07, 6.45) is -7.88. The monoisotopic (exact) mass is 585 g/mol. The second-order valence-electron chi connectivity index (χ2n) is 9.32. The number of carbonyl (C=O) groups excluding carboxylic acids is 2. The number of pyridine rings is 1. The van der Waals surface area contributed by atoms with Crippen molar-refractivity contribution in [2.45, 2.75) is 30.7 Å². The fourth-order valence-corrected chi connectivity index (χ4v) is 4.66. The quantitative estimate of drug-likeness (QED) is 0.434. The first-order valence-corrected chi connectivity index (χ1v) is 12.2. The second-order valence-corrected chi connectivity index (χ2v) is 9.32. The minimum absolute atomic E-state index is 0.0112. The van der Waals surface area contributed by atoms with Crippen LogP contribution in [0.3, 0.4) is 0 Å². The molecule has 2 amide bonds. The largest absolute Gasteiger partial charge is 0.491 e. The molecule has 0 saturated carbocycles. The maximum Gasteiger partial charge on any atom is 0.435 e. The molecule has 2 atom stereocenters. The Bertz CT molecular complexity index is 1420. The number of hydrogen-bond donors (Lipinski definition) is 1. The number of aryl methyl sites for hydroxylation is 1. The highest BCUT2D eigenvalue weighted by Crippen LogP contribution is 2.34. The van der Waals surface area contributed by atoms with Gasteiger partial charge in [0, 0.05) is 50.4 Å². The number of ether oxygens (including phenoxy) is 2. The van der Waals surface area contributed by atoms with Gasteiger partial charge in [-0.25, -0.2) is 4.98 Å². The number of hydrogen-bond acceptors (Lipinski definition) is 6. The van der Waals surface area contributed by atoms with Crippen LogP contribution in [0, 0.1) is 0 Å². The van der Waals surface area contributed by atoms with E-state index in [-0.39, 0.29) is 42.4 Å². The van der Waals surface area contributed by atoms with Crippen molar-refractivity contribution in [2.75, 3.05) is 27.3 Å². The van der Waals surface area contributed by atoms with E-state index in [0.717, 1.165) is 16.8 Å². The summed E-state index contributed by atoms with van der Waals surface area (Å²) in [5.74, 6) is -1.60. The highest BCUT2D eigenvalue weighted by Gasteiger charge is 2.38. The van der Waals surface area contributed by atoms with E-state index in [0.29, 0.717) is 11.6 Å². The van der Waals surface area contributed by atoms with Crippen LogP contribution in [-0.4, -0.2) is 64.8 Å². The van der Waals surface area contributed by atoms with Crippen molar-refractivity contribution in [3.63, 3.8) is 0 Å². The third-order valence-corrected chi connectivity index (χ3v) is 6.76. The molecule has 0 unspecified atom stereocenters. The number of rotatable bonds is 6. The van der Waals surface area contributed by atoms with Crippen molar-refractivity contribution in [2.24, 2.45) is 7.05 Å². The normalized spacial score (nSPS) is 17.7. The summed E-state index contributed by atoms with van der Waals surface area (Å²) in [7, 11) is 3.95. The fraction of sp³-hybridized carbons (Fsp3) is 0.385. The number of likely N-dealkylation sites (tertiary alicyclic amines) is 1. The molecule has 0 bridgehead atoms. The van der Waals surface area contributed by atoms with Gasteiger partial charge in [0.2, 0.25) is 0 Å². The predicted molar refractivity (Wildman–Crippen MR) is 132 cm³/mol. The highest BCUT2D eigenvalue weighted by atomic mass is 19.4. The number of carbonyl (C=O) groups is 2. The van der Waals surface area contributed by atoms with Crippen molar-refractivity contribution < 1.29 is 45.4 Å². The van der Waals surface area contributed by atoms with Crippen LogP contribution in [0.2, 0.25) is 0 Å². The number of benzene rings is 1. The summed E-state index contributed by atoms with van der Waals surface area (Å²) >= 11 is 0. The summed E-state index contributed by atoms with van der Waals surface area (Å²) in [6, 6.07) is 5.63. The Hall–Kier alpha value is -4.30. The number of nitrogens with one attached hydrogen (secondary N) is 1. The van der Waals surface area contributed by atoms with Crippen LogP contribution in [-0.2, 0) is 19.4 Å². The van der Waals surface area contributed by atoms with Crippen molar-refractivity contribution in [3.8, 4) is 11.6 Å². The lowest BCUT2D eigenvalue weighted by Gasteiger charge is -2.39. The van der Waals surface area contributed by atoms with Crippen LogP contribution >= 0.6 is 0 Å². The van der Waals surface area contributed by atoms with E-state index in [1.165, 1.54) is 50.6 Å². The Balaban J connectivity index is 1.62. The molecular weight excluding hydrogens is 560 g/mol. The zero-order valence-electron chi connectivity index (χ0n) is 22.0. The van der Waals surface area contributed by atoms with Gasteiger partial charge in [-0.05, 0) is 24.1 Å². The number of aromatic nitrogens is 3. The van der Waals surface area contributed by atoms with Gasteiger partial charge in [0.25, 0.3) is 17.7 Å². The van der Waals surface area contributed by atoms with Crippen molar-refractivity contribution in [3.05, 3.63) is 70.7 Å². The Labute approximate surface area is 230 Å². The molecule has 41 heavy (non-hydrogen) atoms. The van der Waals surface area contributed by atoms with Gasteiger partial charge in [-0.15, -0.1) is 0 Å². The first-order chi connectivity index (χ1) is 19.2. The van der Waals surface area contributed by atoms with Crippen LogP contribution in [0.15, 0.2) is 42.6 Å². The fourth-order valence-electron chi connectivity index (χ4n) is 4.66. The Morgan fingerprint density at radius 1 is 1.00 bits per heavy atom. The van der Waals surface area contributed by atoms with Gasteiger partial charge >= 0.3 is 12.4 Å². The lowest BCUT2D eigenvalue weighted by atomic mass is 9.85. The van der Waals surface area contributed by atoms with Crippen LogP contribution in [0.4, 0.5) is 26.3 Å². The van der Waals surface area contributed by atoms with Crippen LogP contribution in [0.5, 0.6) is 11.6 Å². The first-order valence-electron chi connectivity index (χ1n) is 12.2. The van der Waals surface area contributed by atoms with Gasteiger partial charge in [-0.3, -0.25) is 14.3 Å². The lowest BCUT2D eigenvalue weighted by molar-refractivity contribution is -0.141. The minimum Gasteiger partial charge on any atom is -0.491 e. The SMILES string of the molecule is COc1cc(C(=O)N2CC[C@H](NC(=O)c3cc(C(F)(F)F)nn3C)[C@@H](c3ccc(C(F)(F)F)cc3)C2)cnc1OC. The highest BCUT2D eigenvalue weighted by molar-refractivity contribution is 5.95. The van der Waals surface area contributed by atoms with Gasteiger partial charge in [0.05, 0.1) is 25.3 Å². The molecule has 0 aliphatic carbocycles. The van der Waals surface area contributed by atoms with Gasteiger partial charge in [0.1, 0.15) is 5.69 Å². The first kappa shape index (κ1) is 29.7. The molecule has 2 aromatic heterocycles. The van der Waals surface area contributed by atoms with E-state index in [2.05, 4.69) is 15.4 Å². The number of halogens is 6. The predicted octanol–water partition coefficient (Wildman–Crippen LogP) is 4.30. The van der Waals surface area contributed by atoms with Gasteiger partial charge in [-0.1, -0.05) is 12.1 Å². The smallest absolute Gasteiger partial charge is 0.435 e. The summed E-state index contributed by atoms with van der Waals surface area (Å²) in [6.45, 7) is 0.122. The Morgan fingerprint density at radius 3 is 2.24 bits per heavy atom. The van der Waals surface area contributed by atoms with E-state index in [9.17, 15) is 35.9 Å². The van der Waals surface area contributed by atoms with E-state index in [1.54, 1.807) is 0 Å². The van der Waals surface area contributed by atoms with E-state index in [4.69, 9.17) is 9.47 Å². The lowest BCUT2D eigenvalue weighted by Crippen LogP contribution is -2.51.